The molecule has 176 valence electrons. The minimum absolute atomic E-state index is 0. The number of hydrogen-bond acceptors (Lipinski definition) is 2. The van der Waals surface area contributed by atoms with E-state index < -0.39 is 6.68 Å². The van der Waals surface area contributed by atoms with E-state index in [1.165, 1.54) is 11.1 Å². The van der Waals surface area contributed by atoms with Gasteiger partial charge < -0.3 is 23.4 Å². The summed E-state index contributed by atoms with van der Waals surface area (Å²) in [7, 11) is 0. The molecule has 0 spiro atoms. The molecule has 4 rings (SSSR count). The second-order valence-corrected chi connectivity index (χ2v) is 8.00. The molecular weight excluding hydrogens is 663 g/mol. The van der Waals surface area contributed by atoms with Crippen LogP contribution in [-0.2, 0) is 26.1 Å². The molecule has 1 aliphatic rings. The summed E-state index contributed by atoms with van der Waals surface area (Å²) in [6, 6.07) is 25.8. The Hall–Kier alpha value is -2.07. The van der Waals surface area contributed by atoms with Gasteiger partial charge in [0.15, 0.2) is 6.68 Å². The van der Waals surface area contributed by atoms with Crippen LogP contribution >= 0.6 is 0 Å². The first kappa shape index (κ1) is 28.2. The first-order valence-electron chi connectivity index (χ1n) is 10.9. The fourth-order valence-electron chi connectivity index (χ4n) is 4.08. The van der Waals surface area contributed by atoms with Crippen LogP contribution < -0.4 is 5.32 Å². The van der Waals surface area contributed by atoms with E-state index in [-0.39, 0.29) is 37.0 Å². The summed E-state index contributed by atoms with van der Waals surface area (Å²) >= 11 is 0. The summed E-state index contributed by atoms with van der Waals surface area (Å²) in [5, 5.41) is 3.55. The zero-order chi connectivity index (χ0) is 23.6. The van der Waals surface area contributed by atoms with Gasteiger partial charge in [0.1, 0.15) is 0 Å². The van der Waals surface area contributed by atoms with Crippen molar-refractivity contribution in [2.24, 2.45) is 0 Å². The summed E-state index contributed by atoms with van der Waals surface area (Å²) in [5.74, 6) is 0.146. The average Bonchev–Trinajstić information content (AvgIpc) is 3.10. The molecule has 1 amide bonds. The maximum absolute atomic E-state index is 12.9. The fourth-order valence-corrected chi connectivity index (χ4v) is 4.08. The van der Waals surface area contributed by atoms with Crippen LogP contribution in [-0.4, -0.2) is 17.4 Å². The monoisotopic (exact) mass is 690 g/mol. The summed E-state index contributed by atoms with van der Waals surface area (Å²) in [4.78, 5) is 14.8. The Balaban J connectivity index is 0.000000758. The number of fused-ring (bicyclic) bond motifs is 1. The van der Waals surface area contributed by atoms with Crippen molar-refractivity contribution in [2.75, 3.05) is 6.54 Å². The Labute approximate surface area is 223 Å². The van der Waals surface area contributed by atoms with Gasteiger partial charge in [0, 0.05) is 25.2 Å². The largest absolute Gasteiger partial charge is 2.00 e. The fraction of sp³-hybridized carbons (Fsp3) is 0.259. The van der Waals surface area contributed by atoms with Gasteiger partial charge in [0.2, 0.25) is 0 Å². The topological polar surface area (TPSA) is 32.3 Å². The van der Waals surface area contributed by atoms with Crippen molar-refractivity contribution >= 4 is 5.91 Å². The van der Waals surface area contributed by atoms with Crippen LogP contribution in [0, 0.1) is 50.8 Å². The van der Waals surface area contributed by atoms with Crippen molar-refractivity contribution in [3.63, 3.8) is 0 Å². The van der Waals surface area contributed by atoms with Crippen molar-refractivity contribution in [1.29, 1.82) is 0 Å². The SMILES string of the molecule is Cc1cc(CNCCCc2ccccc2)cc2c1C(=O)N(Cc1cc[c-]cc1)C2.F[C-](F)F.[U+2]. The van der Waals surface area contributed by atoms with E-state index in [0.29, 0.717) is 13.1 Å². The van der Waals surface area contributed by atoms with Gasteiger partial charge >= 0.3 is 31.1 Å². The molecule has 0 fully saturated rings. The van der Waals surface area contributed by atoms with E-state index in [0.717, 1.165) is 48.2 Å². The van der Waals surface area contributed by atoms with Crippen LogP contribution in [0.3, 0.4) is 0 Å². The zero-order valence-electron chi connectivity index (χ0n) is 19.1. The standard InChI is InChI=1S/C26H27N2O.CF3.U/c1-20-15-23(17-27-14-8-13-21-9-4-2-5-10-21)16-24-19-28(26(29)25(20)24)18-22-11-6-3-7-12-22;2-1(3)4;/h2,4-7,9-12,15-16,27H,8,13-14,17-19H2,1H3;;/q2*-1;+2. The molecule has 0 saturated heterocycles. The molecule has 0 aromatic heterocycles. The zero-order valence-corrected chi connectivity index (χ0v) is 23.2. The Bertz CT molecular complexity index is 1030. The Morgan fingerprint density at radius 1 is 1.00 bits per heavy atom. The number of nitrogens with zero attached hydrogens (tertiary/aromatic N) is 1. The van der Waals surface area contributed by atoms with Gasteiger partial charge in [-0.15, -0.1) is 5.56 Å². The molecule has 0 aliphatic carbocycles. The van der Waals surface area contributed by atoms with Gasteiger partial charge in [-0.3, -0.25) is 4.79 Å². The van der Waals surface area contributed by atoms with Gasteiger partial charge in [-0.1, -0.05) is 42.5 Å². The maximum atomic E-state index is 12.9. The van der Waals surface area contributed by atoms with Crippen LogP contribution in [0.5, 0.6) is 0 Å². The number of aryl methyl sites for hydroxylation is 2. The number of halogens is 3. The van der Waals surface area contributed by atoms with Crippen LogP contribution in [0.15, 0.2) is 66.7 Å². The maximum Gasteiger partial charge on any atom is 2.00 e. The molecule has 0 atom stereocenters. The number of hydrogen-bond donors (Lipinski definition) is 1. The van der Waals surface area contributed by atoms with Gasteiger partial charge in [-0.25, -0.2) is 0 Å². The van der Waals surface area contributed by atoms with Crippen molar-refractivity contribution in [3.05, 3.63) is 113 Å². The molecule has 34 heavy (non-hydrogen) atoms. The molecular formula is C27H27F3N2OU. The summed E-state index contributed by atoms with van der Waals surface area (Å²) < 4.78 is 28.8. The normalized spacial score (nSPS) is 12.1. The summed E-state index contributed by atoms with van der Waals surface area (Å²) in [6.45, 7) is 2.13. The third-order valence-electron chi connectivity index (χ3n) is 5.49. The Morgan fingerprint density at radius 2 is 1.68 bits per heavy atom. The van der Waals surface area contributed by atoms with Crippen molar-refractivity contribution in [2.45, 2.75) is 39.4 Å². The van der Waals surface area contributed by atoms with E-state index in [1.807, 2.05) is 29.2 Å². The first-order valence-corrected chi connectivity index (χ1v) is 10.9. The third kappa shape index (κ3) is 8.61. The van der Waals surface area contributed by atoms with Gasteiger partial charge in [-0.2, -0.15) is 30.3 Å². The molecule has 0 bridgehead atoms. The molecule has 3 aromatic rings. The minimum atomic E-state index is -3.08. The van der Waals surface area contributed by atoms with Crippen LogP contribution in [0.2, 0.25) is 0 Å². The quantitative estimate of drug-likeness (QED) is 0.232. The van der Waals surface area contributed by atoms with Gasteiger partial charge in [0.25, 0.3) is 5.91 Å². The molecule has 0 radical (unpaired) electrons. The Kier molecular flexibility index (Phi) is 11.9. The molecule has 1 N–H and O–H groups in total. The molecule has 1 aliphatic heterocycles. The second kappa shape index (κ2) is 14.4. The van der Waals surface area contributed by atoms with Crippen LogP contribution in [0.1, 0.15) is 44.6 Å². The average molecular weight is 691 g/mol. The van der Waals surface area contributed by atoms with Crippen LogP contribution in [0.25, 0.3) is 0 Å². The predicted octanol–water partition coefficient (Wildman–Crippen LogP) is 6.02. The molecule has 1 heterocycles. The first-order chi connectivity index (χ1) is 15.9. The number of amides is 1. The predicted molar refractivity (Wildman–Crippen MR) is 123 cm³/mol. The number of rotatable bonds is 8. The van der Waals surface area contributed by atoms with Crippen molar-refractivity contribution in [1.82, 2.24) is 10.2 Å². The van der Waals surface area contributed by atoms with E-state index >= 15 is 0 Å². The Morgan fingerprint density at radius 3 is 2.35 bits per heavy atom. The number of carbonyl (C=O) groups is 1. The summed E-state index contributed by atoms with van der Waals surface area (Å²) in [6.07, 6.45) is 2.21. The molecule has 0 saturated carbocycles. The molecule has 0 unspecified atom stereocenters. The van der Waals surface area contributed by atoms with Crippen LogP contribution in [0.4, 0.5) is 13.2 Å². The van der Waals surface area contributed by atoms with Gasteiger partial charge in [-0.05, 0) is 48.6 Å². The van der Waals surface area contributed by atoms with E-state index in [2.05, 4.69) is 60.8 Å². The summed E-state index contributed by atoms with van der Waals surface area (Å²) in [5.41, 5.74) is 6.90. The molecule has 7 heteroatoms. The smallest absolute Gasteiger partial charge is 0.385 e. The van der Waals surface area contributed by atoms with Gasteiger partial charge in [0.05, 0.1) is 0 Å². The minimum Gasteiger partial charge on any atom is -0.385 e. The number of benzene rings is 3. The molecule has 3 nitrogen and oxygen atoms in total. The third-order valence-corrected chi connectivity index (χ3v) is 5.49. The van der Waals surface area contributed by atoms with Crippen molar-refractivity contribution in [3.8, 4) is 0 Å². The number of nitrogens with one attached hydrogen (secondary N) is 1. The second-order valence-electron chi connectivity index (χ2n) is 8.00. The van der Waals surface area contributed by atoms with E-state index in [4.69, 9.17) is 0 Å². The van der Waals surface area contributed by atoms with E-state index in [9.17, 15) is 18.0 Å². The van der Waals surface area contributed by atoms with Crippen molar-refractivity contribution < 1.29 is 49.1 Å². The number of carbonyl (C=O) groups excluding carboxylic acids is 1. The molecule has 3 aromatic carbocycles. The van der Waals surface area contributed by atoms with E-state index in [1.54, 1.807) is 0 Å².